The molecule has 0 aromatic carbocycles. The minimum Gasteiger partial charge on any atom is -0.464 e. The van der Waals surface area contributed by atoms with Gasteiger partial charge >= 0.3 is 5.97 Å². The number of ether oxygens (including phenoxy) is 1. The topological polar surface area (TPSA) is 55.4 Å². The molecule has 0 aliphatic carbocycles. The lowest BCUT2D eigenvalue weighted by Crippen LogP contribution is -2.55. The van der Waals surface area contributed by atoms with Crippen LogP contribution in [0, 0.1) is 5.41 Å². The Labute approximate surface area is 104 Å². The maximum absolute atomic E-state index is 12.2. The molecule has 0 radical (unpaired) electrons. The minimum absolute atomic E-state index is 0.147. The highest BCUT2D eigenvalue weighted by Crippen LogP contribution is 2.19. The summed E-state index contributed by atoms with van der Waals surface area (Å²) in [5.74, 6) is -0.645. The Morgan fingerprint density at radius 3 is 1.88 bits per heavy atom. The van der Waals surface area contributed by atoms with E-state index in [-0.39, 0.29) is 17.9 Å². The zero-order valence-electron chi connectivity index (χ0n) is 12.0. The molecule has 100 valence electrons. The zero-order valence-corrected chi connectivity index (χ0v) is 12.0. The van der Waals surface area contributed by atoms with Crippen LogP contribution in [0.2, 0.25) is 0 Å². The molecule has 0 amide bonds. The van der Waals surface area contributed by atoms with Crippen molar-refractivity contribution in [1.82, 2.24) is 5.32 Å². The summed E-state index contributed by atoms with van der Waals surface area (Å²) in [6.07, 6.45) is 0. The lowest BCUT2D eigenvalue weighted by Gasteiger charge is -2.30. The van der Waals surface area contributed by atoms with Crippen molar-refractivity contribution in [3.63, 3.8) is 0 Å². The van der Waals surface area contributed by atoms with Crippen molar-refractivity contribution in [3.8, 4) is 0 Å². The Balaban J connectivity index is 4.99. The number of esters is 1. The summed E-state index contributed by atoms with van der Waals surface area (Å²) in [7, 11) is 0. The molecule has 4 heteroatoms. The SMILES string of the molecule is CCOC(=O)C(NC(C)(C)C)C(=O)C(C)(C)C. The van der Waals surface area contributed by atoms with Crippen molar-refractivity contribution in [2.45, 2.75) is 60.0 Å². The van der Waals surface area contributed by atoms with Crippen LogP contribution in [0.15, 0.2) is 0 Å². The molecule has 0 aromatic heterocycles. The fourth-order valence-corrected chi connectivity index (χ4v) is 1.32. The quantitative estimate of drug-likeness (QED) is 0.605. The molecule has 0 aliphatic heterocycles. The van der Waals surface area contributed by atoms with E-state index in [1.54, 1.807) is 27.7 Å². The summed E-state index contributed by atoms with van der Waals surface area (Å²) in [5, 5.41) is 3.02. The van der Waals surface area contributed by atoms with Gasteiger partial charge in [0.2, 0.25) is 0 Å². The number of rotatable bonds is 4. The molecule has 1 atom stereocenters. The number of hydrogen-bond acceptors (Lipinski definition) is 4. The second-order valence-corrected chi connectivity index (χ2v) is 6.19. The summed E-state index contributed by atoms with van der Waals surface area (Å²) in [5.41, 5.74) is -0.895. The molecule has 4 nitrogen and oxygen atoms in total. The van der Waals surface area contributed by atoms with E-state index in [0.717, 1.165) is 0 Å². The maximum atomic E-state index is 12.2. The molecule has 0 saturated heterocycles. The Morgan fingerprint density at radius 1 is 1.12 bits per heavy atom. The summed E-state index contributed by atoms with van der Waals surface area (Å²) in [6.45, 7) is 13.1. The van der Waals surface area contributed by atoms with Gasteiger partial charge < -0.3 is 4.74 Å². The average Bonchev–Trinajstić information content (AvgIpc) is 2.10. The molecule has 1 N–H and O–H groups in total. The summed E-state index contributed by atoms with van der Waals surface area (Å²) in [4.78, 5) is 24.0. The Hall–Kier alpha value is -0.900. The molecule has 0 fully saturated rings. The van der Waals surface area contributed by atoms with E-state index in [1.165, 1.54) is 0 Å². The van der Waals surface area contributed by atoms with Gasteiger partial charge in [0, 0.05) is 11.0 Å². The second kappa shape index (κ2) is 5.63. The molecule has 0 saturated carbocycles. The number of nitrogens with one attached hydrogen (secondary N) is 1. The van der Waals surface area contributed by atoms with Crippen molar-refractivity contribution in [2.75, 3.05) is 6.61 Å². The number of Topliss-reactive ketones (excluding diaryl/α,β-unsaturated/α-hetero) is 1. The maximum Gasteiger partial charge on any atom is 0.330 e. The zero-order chi connectivity index (χ0) is 13.9. The van der Waals surface area contributed by atoms with Gasteiger partial charge in [-0.3, -0.25) is 10.1 Å². The van der Waals surface area contributed by atoms with Crippen molar-refractivity contribution < 1.29 is 14.3 Å². The molecule has 0 heterocycles. The van der Waals surface area contributed by atoms with Crippen molar-refractivity contribution in [3.05, 3.63) is 0 Å². The molecule has 1 unspecified atom stereocenters. The highest BCUT2D eigenvalue weighted by atomic mass is 16.5. The number of carbonyl (C=O) groups excluding carboxylic acids is 2. The molecule has 17 heavy (non-hydrogen) atoms. The highest BCUT2D eigenvalue weighted by molar-refractivity contribution is 6.05. The Bertz CT molecular complexity index is 284. The van der Waals surface area contributed by atoms with Crippen molar-refractivity contribution in [2.24, 2.45) is 5.41 Å². The summed E-state index contributed by atoms with van der Waals surface area (Å²) >= 11 is 0. The lowest BCUT2D eigenvalue weighted by atomic mass is 9.85. The van der Waals surface area contributed by atoms with Gasteiger partial charge in [0.25, 0.3) is 0 Å². The molecule has 0 aliphatic rings. The van der Waals surface area contributed by atoms with Crippen LogP contribution in [0.3, 0.4) is 0 Å². The van der Waals surface area contributed by atoms with Gasteiger partial charge in [-0.15, -0.1) is 0 Å². The Morgan fingerprint density at radius 2 is 1.59 bits per heavy atom. The van der Waals surface area contributed by atoms with Crippen LogP contribution < -0.4 is 5.32 Å². The van der Waals surface area contributed by atoms with Crippen LogP contribution >= 0.6 is 0 Å². The standard InChI is InChI=1S/C13H25NO3/c1-8-17-11(16)9(14-13(5,6)7)10(15)12(2,3)4/h9,14H,8H2,1-7H3. The van der Waals surface area contributed by atoms with Gasteiger partial charge in [0.15, 0.2) is 11.8 Å². The summed E-state index contributed by atoms with van der Waals surface area (Å²) < 4.78 is 4.94. The van der Waals surface area contributed by atoms with Crippen LogP contribution in [0.4, 0.5) is 0 Å². The fourth-order valence-electron chi connectivity index (χ4n) is 1.32. The third-order valence-corrected chi connectivity index (χ3v) is 2.10. The number of carbonyl (C=O) groups is 2. The van der Waals surface area contributed by atoms with Crippen molar-refractivity contribution in [1.29, 1.82) is 0 Å². The van der Waals surface area contributed by atoms with E-state index >= 15 is 0 Å². The lowest BCUT2D eigenvalue weighted by molar-refractivity contribution is -0.151. The van der Waals surface area contributed by atoms with Crippen molar-refractivity contribution >= 4 is 11.8 Å². The van der Waals surface area contributed by atoms with Crippen LogP contribution in [-0.2, 0) is 14.3 Å². The first kappa shape index (κ1) is 16.1. The third-order valence-electron chi connectivity index (χ3n) is 2.10. The van der Waals surface area contributed by atoms with E-state index in [2.05, 4.69) is 5.32 Å². The van der Waals surface area contributed by atoms with Gasteiger partial charge in [0.1, 0.15) is 0 Å². The van der Waals surface area contributed by atoms with Crippen LogP contribution in [0.1, 0.15) is 48.5 Å². The highest BCUT2D eigenvalue weighted by Gasteiger charge is 2.37. The smallest absolute Gasteiger partial charge is 0.330 e. The van der Waals surface area contributed by atoms with E-state index in [0.29, 0.717) is 0 Å². The van der Waals surface area contributed by atoms with Gasteiger partial charge in [-0.2, -0.15) is 0 Å². The van der Waals surface area contributed by atoms with Crippen LogP contribution in [-0.4, -0.2) is 29.9 Å². The van der Waals surface area contributed by atoms with E-state index in [1.807, 2.05) is 20.8 Å². The summed E-state index contributed by atoms with van der Waals surface area (Å²) in [6, 6.07) is -0.894. The molecule has 0 rings (SSSR count). The monoisotopic (exact) mass is 243 g/mol. The average molecular weight is 243 g/mol. The van der Waals surface area contributed by atoms with Gasteiger partial charge in [-0.25, -0.2) is 4.79 Å². The van der Waals surface area contributed by atoms with Gasteiger partial charge in [-0.1, -0.05) is 20.8 Å². The van der Waals surface area contributed by atoms with E-state index in [4.69, 9.17) is 4.74 Å². The predicted octanol–water partition coefficient (Wildman–Crippen LogP) is 1.92. The molecule has 0 aromatic rings. The second-order valence-electron chi connectivity index (χ2n) is 6.19. The van der Waals surface area contributed by atoms with E-state index < -0.39 is 17.4 Å². The third kappa shape index (κ3) is 5.82. The molecule has 0 spiro atoms. The first-order valence-corrected chi connectivity index (χ1v) is 5.97. The molecular formula is C13H25NO3. The normalized spacial score (nSPS) is 14.3. The van der Waals surface area contributed by atoms with Crippen LogP contribution in [0.25, 0.3) is 0 Å². The first-order chi connectivity index (χ1) is 7.49. The number of hydrogen-bond donors (Lipinski definition) is 1. The predicted molar refractivity (Wildman–Crippen MR) is 67.8 cm³/mol. The minimum atomic E-state index is -0.894. The Kier molecular flexibility index (Phi) is 5.33. The van der Waals surface area contributed by atoms with E-state index in [9.17, 15) is 9.59 Å². The van der Waals surface area contributed by atoms with Gasteiger partial charge in [-0.05, 0) is 27.7 Å². The molecular weight excluding hydrogens is 218 g/mol. The molecule has 0 bridgehead atoms. The first-order valence-electron chi connectivity index (χ1n) is 5.97. The largest absolute Gasteiger partial charge is 0.464 e. The number of ketones is 1. The fraction of sp³-hybridized carbons (Fsp3) is 0.846. The van der Waals surface area contributed by atoms with Crippen LogP contribution in [0.5, 0.6) is 0 Å². The van der Waals surface area contributed by atoms with Gasteiger partial charge in [0.05, 0.1) is 6.61 Å².